The molecule has 1 unspecified atom stereocenters. The van der Waals surface area contributed by atoms with Crippen molar-refractivity contribution in [2.75, 3.05) is 6.54 Å². The fraction of sp³-hybridized carbons (Fsp3) is 0.625. The highest BCUT2D eigenvalue weighted by atomic mass is 14.9. The van der Waals surface area contributed by atoms with E-state index >= 15 is 0 Å². The van der Waals surface area contributed by atoms with Gasteiger partial charge in [-0.1, -0.05) is 57.4 Å². The molecule has 0 aromatic heterocycles. The first-order chi connectivity index (χ1) is 8.27. The summed E-state index contributed by atoms with van der Waals surface area (Å²) in [6.45, 7) is 7.84. The molecule has 1 N–H and O–H groups in total. The van der Waals surface area contributed by atoms with E-state index < -0.39 is 0 Å². The van der Waals surface area contributed by atoms with Gasteiger partial charge in [-0.15, -0.1) is 0 Å². The first-order valence-electron chi connectivity index (χ1n) is 7.10. The first-order valence-corrected chi connectivity index (χ1v) is 7.10. The second-order valence-electron chi connectivity index (χ2n) is 4.83. The van der Waals surface area contributed by atoms with E-state index in [1.807, 2.05) is 0 Å². The number of hydrogen-bond acceptors (Lipinski definition) is 1. The van der Waals surface area contributed by atoms with E-state index in [4.69, 9.17) is 0 Å². The minimum Gasteiger partial charge on any atom is -0.310 e. The standard InChI is InChI=1S/C16H27N/c1-4-6-7-8-13-17-14(3)16-11-9-15(5-2)10-12-16/h9-12,14,17H,4-8,13H2,1-3H3. The maximum absolute atomic E-state index is 3.60. The summed E-state index contributed by atoms with van der Waals surface area (Å²) in [4.78, 5) is 0. The van der Waals surface area contributed by atoms with Gasteiger partial charge in [-0.25, -0.2) is 0 Å². The van der Waals surface area contributed by atoms with Gasteiger partial charge in [0.05, 0.1) is 0 Å². The maximum Gasteiger partial charge on any atom is 0.0291 e. The van der Waals surface area contributed by atoms with Crippen LogP contribution in [0.25, 0.3) is 0 Å². The number of hydrogen-bond donors (Lipinski definition) is 1. The van der Waals surface area contributed by atoms with Crippen LogP contribution in [0.2, 0.25) is 0 Å². The van der Waals surface area contributed by atoms with Crippen molar-refractivity contribution in [2.24, 2.45) is 0 Å². The molecule has 1 heteroatoms. The molecule has 0 aliphatic carbocycles. The lowest BCUT2D eigenvalue weighted by Crippen LogP contribution is -2.19. The maximum atomic E-state index is 3.60. The largest absolute Gasteiger partial charge is 0.310 e. The molecule has 0 saturated carbocycles. The van der Waals surface area contributed by atoms with E-state index in [1.54, 1.807) is 0 Å². The van der Waals surface area contributed by atoms with Crippen molar-refractivity contribution < 1.29 is 0 Å². The predicted octanol–water partition coefficient (Wildman–Crippen LogP) is 4.48. The minimum atomic E-state index is 0.475. The van der Waals surface area contributed by atoms with Gasteiger partial charge in [0.15, 0.2) is 0 Å². The van der Waals surface area contributed by atoms with E-state index in [1.165, 1.54) is 36.8 Å². The summed E-state index contributed by atoms with van der Waals surface area (Å²) in [7, 11) is 0. The first kappa shape index (κ1) is 14.2. The van der Waals surface area contributed by atoms with Crippen molar-refractivity contribution in [1.82, 2.24) is 5.32 Å². The van der Waals surface area contributed by atoms with Crippen LogP contribution in [-0.4, -0.2) is 6.54 Å². The van der Waals surface area contributed by atoms with E-state index in [9.17, 15) is 0 Å². The summed E-state index contributed by atoms with van der Waals surface area (Å²) in [6.07, 6.45) is 6.45. The van der Waals surface area contributed by atoms with Gasteiger partial charge >= 0.3 is 0 Å². The highest BCUT2D eigenvalue weighted by molar-refractivity contribution is 5.24. The average molecular weight is 233 g/mol. The molecule has 1 rings (SSSR count). The highest BCUT2D eigenvalue weighted by Crippen LogP contribution is 2.13. The molecule has 1 aromatic rings. The van der Waals surface area contributed by atoms with E-state index in [0.717, 1.165) is 13.0 Å². The Bertz CT molecular complexity index is 289. The second kappa shape index (κ2) is 8.30. The molecule has 17 heavy (non-hydrogen) atoms. The minimum absolute atomic E-state index is 0.475. The Morgan fingerprint density at radius 3 is 2.29 bits per heavy atom. The van der Waals surface area contributed by atoms with Crippen molar-refractivity contribution in [2.45, 2.75) is 58.9 Å². The summed E-state index contributed by atoms with van der Waals surface area (Å²) in [5, 5.41) is 3.60. The second-order valence-corrected chi connectivity index (χ2v) is 4.83. The topological polar surface area (TPSA) is 12.0 Å². The van der Waals surface area contributed by atoms with Crippen LogP contribution in [0.5, 0.6) is 0 Å². The lowest BCUT2D eigenvalue weighted by atomic mass is 10.0. The lowest BCUT2D eigenvalue weighted by molar-refractivity contribution is 0.536. The molecule has 0 aliphatic heterocycles. The van der Waals surface area contributed by atoms with Gasteiger partial charge in [-0.3, -0.25) is 0 Å². The van der Waals surface area contributed by atoms with Crippen LogP contribution in [-0.2, 0) is 6.42 Å². The number of nitrogens with one attached hydrogen (secondary N) is 1. The molecule has 0 amide bonds. The zero-order chi connectivity index (χ0) is 12.5. The quantitative estimate of drug-likeness (QED) is 0.653. The zero-order valence-corrected chi connectivity index (χ0v) is 11.6. The van der Waals surface area contributed by atoms with Crippen molar-refractivity contribution in [1.29, 1.82) is 0 Å². The summed E-state index contributed by atoms with van der Waals surface area (Å²) < 4.78 is 0. The van der Waals surface area contributed by atoms with Crippen LogP contribution in [0, 0.1) is 0 Å². The molecule has 0 heterocycles. The summed E-state index contributed by atoms with van der Waals surface area (Å²) in [5.74, 6) is 0. The van der Waals surface area contributed by atoms with Crippen LogP contribution in [0.3, 0.4) is 0 Å². The van der Waals surface area contributed by atoms with E-state index in [-0.39, 0.29) is 0 Å². The Morgan fingerprint density at radius 2 is 1.71 bits per heavy atom. The third-order valence-electron chi connectivity index (χ3n) is 3.37. The Morgan fingerprint density at radius 1 is 1.00 bits per heavy atom. The molecular formula is C16H27N. The Balaban J connectivity index is 2.28. The predicted molar refractivity (Wildman–Crippen MR) is 76.4 cm³/mol. The van der Waals surface area contributed by atoms with Gasteiger partial charge in [-0.2, -0.15) is 0 Å². The number of unbranched alkanes of at least 4 members (excludes halogenated alkanes) is 3. The Kier molecular flexibility index (Phi) is 6.95. The molecule has 0 bridgehead atoms. The van der Waals surface area contributed by atoms with Crippen molar-refractivity contribution in [3.8, 4) is 0 Å². The average Bonchev–Trinajstić information content (AvgIpc) is 2.38. The van der Waals surface area contributed by atoms with Crippen molar-refractivity contribution >= 4 is 0 Å². The third kappa shape index (κ3) is 5.36. The van der Waals surface area contributed by atoms with Crippen LogP contribution in [0.1, 0.15) is 63.6 Å². The molecule has 0 aliphatic rings. The summed E-state index contributed by atoms with van der Waals surface area (Å²) in [6, 6.07) is 9.46. The fourth-order valence-corrected chi connectivity index (χ4v) is 2.03. The molecule has 96 valence electrons. The number of benzene rings is 1. The molecular weight excluding hydrogens is 206 g/mol. The van der Waals surface area contributed by atoms with Gasteiger partial charge in [0, 0.05) is 6.04 Å². The fourth-order valence-electron chi connectivity index (χ4n) is 2.03. The van der Waals surface area contributed by atoms with Crippen LogP contribution in [0.15, 0.2) is 24.3 Å². The monoisotopic (exact) mass is 233 g/mol. The Labute approximate surface area is 107 Å². The number of rotatable bonds is 8. The molecule has 1 atom stereocenters. The normalized spacial score (nSPS) is 12.6. The van der Waals surface area contributed by atoms with E-state index in [0.29, 0.717) is 6.04 Å². The van der Waals surface area contributed by atoms with Crippen LogP contribution >= 0.6 is 0 Å². The molecule has 0 spiro atoms. The smallest absolute Gasteiger partial charge is 0.0291 e. The molecule has 1 nitrogen and oxygen atoms in total. The van der Waals surface area contributed by atoms with Gasteiger partial charge in [0.1, 0.15) is 0 Å². The lowest BCUT2D eigenvalue weighted by Gasteiger charge is -2.14. The van der Waals surface area contributed by atoms with Crippen LogP contribution < -0.4 is 5.32 Å². The summed E-state index contributed by atoms with van der Waals surface area (Å²) in [5.41, 5.74) is 2.82. The molecule has 0 radical (unpaired) electrons. The molecule has 1 aromatic carbocycles. The van der Waals surface area contributed by atoms with Gasteiger partial charge in [0.2, 0.25) is 0 Å². The Hall–Kier alpha value is -0.820. The molecule has 0 saturated heterocycles. The third-order valence-corrected chi connectivity index (χ3v) is 3.37. The highest BCUT2D eigenvalue weighted by Gasteiger charge is 2.03. The summed E-state index contributed by atoms with van der Waals surface area (Å²) >= 11 is 0. The van der Waals surface area contributed by atoms with Gasteiger partial charge < -0.3 is 5.32 Å². The zero-order valence-electron chi connectivity index (χ0n) is 11.6. The SMILES string of the molecule is CCCCCCNC(C)c1ccc(CC)cc1. The van der Waals surface area contributed by atoms with Crippen molar-refractivity contribution in [3.63, 3.8) is 0 Å². The van der Waals surface area contributed by atoms with Crippen LogP contribution in [0.4, 0.5) is 0 Å². The molecule has 0 fully saturated rings. The van der Waals surface area contributed by atoms with Gasteiger partial charge in [0.25, 0.3) is 0 Å². The number of aryl methyl sites for hydroxylation is 1. The van der Waals surface area contributed by atoms with Crippen molar-refractivity contribution in [3.05, 3.63) is 35.4 Å². The van der Waals surface area contributed by atoms with Gasteiger partial charge in [-0.05, 0) is 37.4 Å². The van der Waals surface area contributed by atoms with E-state index in [2.05, 4.69) is 50.4 Å².